The molecule has 1 amide bonds. The predicted octanol–water partition coefficient (Wildman–Crippen LogP) is 2.65. The smallest absolute Gasteiger partial charge is 0.407 e. The molecule has 1 aromatic rings. The summed E-state index contributed by atoms with van der Waals surface area (Å²) in [6.07, 6.45) is 6.79. The summed E-state index contributed by atoms with van der Waals surface area (Å²) in [7, 11) is 0. The van der Waals surface area contributed by atoms with Crippen molar-refractivity contribution in [3.05, 3.63) is 35.9 Å². The molecule has 2 unspecified atom stereocenters. The molecule has 2 aliphatic carbocycles. The second-order valence-corrected chi connectivity index (χ2v) is 6.92. The molecule has 5 nitrogen and oxygen atoms in total. The van der Waals surface area contributed by atoms with Crippen molar-refractivity contribution in [1.82, 2.24) is 10.2 Å². The number of carbonyl (C=O) groups excluding carboxylic acids is 1. The Morgan fingerprint density at radius 3 is 2.62 bits per heavy atom. The minimum atomic E-state index is -0.306. The number of carbonyl (C=O) groups is 1. The lowest BCUT2D eigenvalue weighted by Gasteiger charge is -2.40. The van der Waals surface area contributed by atoms with E-state index in [0.717, 1.165) is 24.9 Å². The van der Waals surface area contributed by atoms with Crippen molar-refractivity contribution in [1.29, 1.82) is 0 Å². The number of hydrogen-bond acceptors (Lipinski definition) is 4. The van der Waals surface area contributed by atoms with Gasteiger partial charge in [0.1, 0.15) is 6.61 Å². The molecule has 0 aromatic heterocycles. The van der Waals surface area contributed by atoms with Crippen LogP contribution in [0.15, 0.2) is 30.3 Å². The number of ether oxygens (including phenoxy) is 1. The zero-order valence-corrected chi connectivity index (χ0v) is 14.3. The number of hydrogen-bond donors (Lipinski definition) is 2. The van der Waals surface area contributed by atoms with E-state index in [1.54, 1.807) is 0 Å². The van der Waals surface area contributed by atoms with Gasteiger partial charge in [0.2, 0.25) is 0 Å². The molecular weight excluding hydrogens is 302 g/mol. The number of nitrogens with one attached hydrogen (secondary N) is 1. The summed E-state index contributed by atoms with van der Waals surface area (Å²) in [6.45, 7) is 1.92. The van der Waals surface area contributed by atoms with Gasteiger partial charge in [0.05, 0.1) is 0 Å². The Balaban J connectivity index is 1.53. The Kier molecular flexibility index (Phi) is 6.10. The molecule has 2 fully saturated rings. The molecule has 0 spiro atoms. The van der Waals surface area contributed by atoms with Crippen LogP contribution < -0.4 is 11.1 Å². The third-order valence-electron chi connectivity index (χ3n) is 5.07. The Labute approximate surface area is 144 Å². The van der Waals surface area contributed by atoms with Gasteiger partial charge in [-0.1, -0.05) is 43.2 Å². The van der Waals surface area contributed by atoms with E-state index in [0.29, 0.717) is 25.2 Å². The molecular formula is C19H29N3O2. The van der Waals surface area contributed by atoms with Gasteiger partial charge in [-0.15, -0.1) is 0 Å². The van der Waals surface area contributed by atoms with Crippen LogP contribution in [0.25, 0.3) is 0 Å². The monoisotopic (exact) mass is 331 g/mol. The molecule has 3 N–H and O–H groups in total. The summed E-state index contributed by atoms with van der Waals surface area (Å²) in [5.41, 5.74) is 6.82. The van der Waals surface area contributed by atoms with E-state index in [-0.39, 0.29) is 12.1 Å². The van der Waals surface area contributed by atoms with Gasteiger partial charge in [0.25, 0.3) is 0 Å². The first-order valence-electron chi connectivity index (χ1n) is 9.21. The van der Waals surface area contributed by atoms with Crippen molar-refractivity contribution in [3.63, 3.8) is 0 Å². The average Bonchev–Trinajstić information content (AvgIpc) is 3.44. The lowest BCUT2D eigenvalue weighted by atomic mass is 9.89. The first-order valence-corrected chi connectivity index (χ1v) is 9.21. The Bertz CT molecular complexity index is 519. The highest BCUT2D eigenvalue weighted by Crippen LogP contribution is 2.33. The molecule has 2 aliphatic rings. The number of nitrogens with zero attached hydrogens (tertiary/aromatic N) is 1. The van der Waals surface area contributed by atoms with Crippen molar-refractivity contribution >= 4 is 6.09 Å². The van der Waals surface area contributed by atoms with E-state index >= 15 is 0 Å². The van der Waals surface area contributed by atoms with Crippen molar-refractivity contribution in [2.45, 2.75) is 63.3 Å². The fraction of sp³-hybridized carbons (Fsp3) is 0.632. The fourth-order valence-electron chi connectivity index (χ4n) is 3.77. The van der Waals surface area contributed by atoms with Gasteiger partial charge in [-0.05, 0) is 31.2 Å². The maximum Gasteiger partial charge on any atom is 0.407 e. The van der Waals surface area contributed by atoms with Crippen LogP contribution in [0.5, 0.6) is 0 Å². The lowest BCUT2D eigenvalue weighted by Crippen LogP contribution is -2.55. The van der Waals surface area contributed by atoms with Crippen LogP contribution in [0.1, 0.15) is 44.1 Å². The topological polar surface area (TPSA) is 67.6 Å². The molecule has 0 radical (unpaired) electrons. The molecule has 3 rings (SSSR count). The maximum absolute atomic E-state index is 12.2. The molecule has 24 heavy (non-hydrogen) atoms. The Morgan fingerprint density at radius 2 is 1.92 bits per heavy atom. The number of benzene rings is 1. The zero-order chi connectivity index (χ0) is 16.8. The molecule has 1 aromatic carbocycles. The SMILES string of the molecule is NCCN(C1CC1)C1CCCCC1NC(=O)OCc1ccccc1. The second kappa shape index (κ2) is 8.49. The maximum atomic E-state index is 12.2. The van der Waals surface area contributed by atoms with E-state index in [2.05, 4.69) is 10.2 Å². The molecule has 0 saturated heterocycles. The van der Waals surface area contributed by atoms with Crippen LogP contribution in [0, 0.1) is 0 Å². The van der Waals surface area contributed by atoms with Crippen LogP contribution in [0.4, 0.5) is 4.79 Å². The normalized spacial score (nSPS) is 23.9. The summed E-state index contributed by atoms with van der Waals surface area (Å²) in [6, 6.07) is 11.0. The molecule has 0 aliphatic heterocycles. The summed E-state index contributed by atoms with van der Waals surface area (Å²) < 4.78 is 5.40. The number of amides is 1. The Hall–Kier alpha value is -1.59. The van der Waals surface area contributed by atoms with Crippen molar-refractivity contribution in [3.8, 4) is 0 Å². The van der Waals surface area contributed by atoms with E-state index in [9.17, 15) is 4.79 Å². The third kappa shape index (κ3) is 4.71. The van der Waals surface area contributed by atoms with E-state index in [4.69, 9.17) is 10.5 Å². The van der Waals surface area contributed by atoms with Gasteiger partial charge in [-0.3, -0.25) is 4.90 Å². The van der Waals surface area contributed by atoms with Crippen molar-refractivity contribution in [2.24, 2.45) is 5.73 Å². The number of alkyl carbamates (subject to hydrolysis) is 1. The van der Waals surface area contributed by atoms with E-state index < -0.39 is 0 Å². The summed E-state index contributed by atoms with van der Waals surface area (Å²) in [5, 5.41) is 3.12. The molecule has 2 saturated carbocycles. The van der Waals surface area contributed by atoms with Crippen LogP contribution in [-0.2, 0) is 11.3 Å². The van der Waals surface area contributed by atoms with E-state index in [1.165, 1.54) is 25.7 Å². The van der Waals surface area contributed by atoms with Crippen LogP contribution in [0.3, 0.4) is 0 Å². The van der Waals surface area contributed by atoms with Gasteiger partial charge >= 0.3 is 6.09 Å². The summed E-state index contributed by atoms with van der Waals surface area (Å²) in [4.78, 5) is 14.7. The minimum Gasteiger partial charge on any atom is -0.445 e. The van der Waals surface area contributed by atoms with Gasteiger partial charge < -0.3 is 15.8 Å². The molecule has 2 atom stereocenters. The standard InChI is InChI=1S/C19H29N3O2/c20-12-13-22(16-10-11-16)18-9-5-4-8-17(18)21-19(23)24-14-15-6-2-1-3-7-15/h1-3,6-7,16-18H,4-5,8-14,20H2,(H,21,23). The van der Waals surface area contributed by atoms with Gasteiger partial charge in [0, 0.05) is 31.2 Å². The summed E-state index contributed by atoms with van der Waals surface area (Å²) in [5.74, 6) is 0. The molecule has 5 heteroatoms. The van der Waals surface area contributed by atoms with Gasteiger partial charge in [-0.25, -0.2) is 4.79 Å². The third-order valence-corrected chi connectivity index (χ3v) is 5.07. The van der Waals surface area contributed by atoms with E-state index in [1.807, 2.05) is 30.3 Å². The largest absolute Gasteiger partial charge is 0.445 e. The van der Waals surface area contributed by atoms with Crippen molar-refractivity contribution in [2.75, 3.05) is 13.1 Å². The molecule has 132 valence electrons. The first kappa shape index (κ1) is 17.2. The zero-order valence-electron chi connectivity index (χ0n) is 14.3. The molecule has 0 heterocycles. The van der Waals surface area contributed by atoms with Gasteiger partial charge in [-0.2, -0.15) is 0 Å². The predicted molar refractivity (Wildman–Crippen MR) is 94.6 cm³/mol. The average molecular weight is 331 g/mol. The number of rotatable bonds is 7. The van der Waals surface area contributed by atoms with Gasteiger partial charge in [0.15, 0.2) is 0 Å². The quantitative estimate of drug-likeness (QED) is 0.806. The second-order valence-electron chi connectivity index (χ2n) is 6.92. The number of nitrogens with two attached hydrogens (primary N) is 1. The summed E-state index contributed by atoms with van der Waals surface area (Å²) >= 11 is 0. The first-order chi connectivity index (χ1) is 11.8. The van der Waals surface area contributed by atoms with Crippen molar-refractivity contribution < 1.29 is 9.53 Å². The fourth-order valence-corrected chi connectivity index (χ4v) is 3.77. The Morgan fingerprint density at radius 1 is 1.17 bits per heavy atom. The minimum absolute atomic E-state index is 0.175. The highest BCUT2D eigenvalue weighted by Gasteiger charge is 2.38. The van der Waals surface area contributed by atoms with Crippen LogP contribution >= 0.6 is 0 Å². The van der Waals surface area contributed by atoms with Crippen LogP contribution in [0.2, 0.25) is 0 Å². The highest BCUT2D eigenvalue weighted by atomic mass is 16.5. The highest BCUT2D eigenvalue weighted by molar-refractivity contribution is 5.67. The molecule has 0 bridgehead atoms. The van der Waals surface area contributed by atoms with Crippen LogP contribution in [-0.4, -0.2) is 42.2 Å². The lowest BCUT2D eigenvalue weighted by molar-refractivity contribution is 0.0968.